The standard InChI is InChI=1S/C29H42O6/c1-15(2)22-8-19-10-27(13-30)21-7-6-16(3)20(21)11-28(19,29(22,27)26(31)32)14-34-24-9-23-25(18(5)35-24)17(4)12-33-23/h8,13,15-21,23-25H,6-7,9-12,14H2,1-5H3,(H,31,32)/t16-,17+,18-,19?,20?,21?,23?,24-,25?,27-,28?,29?/m1/s1. The van der Waals surface area contributed by atoms with Gasteiger partial charge in [0.15, 0.2) is 6.29 Å². The first kappa shape index (κ1) is 24.1. The highest BCUT2D eigenvalue weighted by molar-refractivity contribution is 5.90. The molecule has 0 radical (unpaired) electrons. The van der Waals surface area contributed by atoms with Crippen LogP contribution < -0.4 is 0 Å². The van der Waals surface area contributed by atoms with Gasteiger partial charge in [0, 0.05) is 24.4 Å². The summed E-state index contributed by atoms with van der Waals surface area (Å²) in [4.78, 5) is 26.7. The average Bonchev–Trinajstić information content (AvgIpc) is 3.50. The number of aliphatic carboxylic acids is 1. The number of carbonyl (C=O) groups is 2. The maximum Gasteiger partial charge on any atom is 0.315 e. The van der Waals surface area contributed by atoms with Gasteiger partial charge in [0.1, 0.15) is 11.7 Å². The van der Waals surface area contributed by atoms with Gasteiger partial charge in [-0.15, -0.1) is 0 Å². The summed E-state index contributed by atoms with van der Waals surface area (Å²) < 4.78 is 19.0. The lowest BCUT2D eigenvalue weighted by Crippen LogP contribution is -2.63. The monoisotopic (exact) mass is 486 g/mol. The van der Waals surface area contributed by atoms with Crippen LogP contribution in [0.1, 0.15) is 66.7 Å². The Kier molecular flexibility index (Phi) is 5.43. The van der Waals surface area contributed by atoms with Crippen LogP contribution in [0.25, 0.3) is 0 Å². The van der Waals surface area contributed by atoms with Crippen LogP contribution in [0.2, 0.25) is 0 Å². The molecule has 3 saturated carbocycles. The van der Waals surface area contributed by atoms with Crippen molar-refractivity contribution in [3.63, 3.8) is 0 Å². The van der Waals surface area contributed by atoms with Gasteiger partial charge in [-0.3, -0.25) is 4.79 Å². The fourth-order valence-electron chi connectivity index (χ4n) is 10.4. The van der Waals surface area contributed by atoms with Gasteiger partial charge in [0.2, 0.25) is 0 Å². The van der Waals surface area contributed by atoms with E-state index in [-0.39, 0.29) is 30.0 Å². The zero-order chi connectivity index (χ0) is 24.9. The smallest absolute Gasteiger partial charge is 0.315 e. The van der Waals surface area contributed by atoms with Crippen LogP contribution in [0, 0.1) is 57.7 Å². The van der Waals surface area contributed by atoms with Crippen molar-refractivity contribution in [2.75, 3.05) is 13.2 Å². The SMILES string of the molecule is CC(C)C1=CC2C[C@@]3(C=O)C4CC[C@@H](C)C4CC2(CO[C@H]2CC4OC[C@H](C)C4[C@@H](C)O2)C13C(=O)O. The maximum absolute atomic E-state index is 13.5. The molecule has 6 nitrogen and oxygen atoms in total. The quantitative estimate of drug-likeness (QED) is 0.432. The van der Waals surface area contributed by atoms with Crippen molar-refractivity contribution >= 4 is 12.3 Å². The first-order valence-corrected chi connectivity index (χ1v) is 13.9. The lowest BCUT2D eigenvalue weighted by Gasteiger charge is -2.58. The van der Waals surface area contributed by atoms with Crippen molar-refractivity contribution < 1.29 is 28.9 Å². The normalized spacial score (nSPS) is 54.0. The lowest BCUT2D eigenvalue weighted by molar-refractivity contribution is -0.249. The summed E-state index contributed by atoms with van der Waals surface area (Å²) >= 11 is 0. The lowest BCUT2D eigenvalue weighted by atomic mass is 9.43. The molecule has 194 valence electrons. The van der Waals surface area contributed by atoms with Crippen LogP contribution in [0.15, 0.2) is 11.6 Å². The Bertz CT molecular complexity index is 943. The van der Waals surface area contributed by atoms with Crippen LogP contribution in [-0.4, -0.2) is 49.1 Å². The van der Waals surface area contributed by atoms with Crippen molar-refractivity contribution in [1.82, 2.24) is 0 Å². The molecule has 35 heavy (non-hydrogen) atoms. The highest BCUT2D eigenvalue weighted by Gasteiger charge is 2.84. The Balaban J connectivity index is 1.38. The molecule has 0 amide bonds. The first-order chi connectivity index (χ1) is 16.6. The van der Waals surface area contributed by atoms with E-state index in [4.69, 9.17) is 14.2 Å². The topological polar surface area (TPSA) is 82.1 Å². The molecule has 1 N–H and O–H groups in total. The molecule has 0 aromatic carbocycles. The van der Waals surface area contributed by atoms with Gasteiger partial charge in [-0.2, -0.15) is 0 Å². The summed E-state index contributed by atoms with van der Waals surface area (Å²) in [5.74, 6) is 1.18. The second-order valence-electron chi connectivity index (χ2n) is 13.2. The number of rotatable bonds is 6. The highest BCUT2D eigenvalue weighted by atomic mass is 16.7. The second-order valence-corrected chi connectivity index (χ2v) is 13.2. The van der Waals surface area contributed by atoms with Gasteiger partial charge >= 0.3 is 5.97 Å². The van der Waals surface area contributed by atoms with Gasteiger partial charge in [0.25, 0.3) is 0 Å². The Morgan fingerprint density at radius 3 is 2.69 bits per heavy atom. The van der Waals surface area contributed by atoms with E-state index >= 15 is 0 Å². The van der Waals surface area contributed by atoms with E-state index in [1.54, 1.807) is 0 Å². The Morgan fingerprint density at radius 1 is 1.23 bits per heavy atom. The van der Waals surface area contributed by atoms with E-state index in [1.807, 2.05) is 0 Å². The summed E-state index contributed by atoms with van der Waals surface area (Å²) in [5.41, 5.74) is -1.68. The molecule has 2 heterocycles. The molecule has 7 unspecified atom stereocenters. The number of hydrogen-bond donors (Lipinski definition) is 1. The molecule has 0 aromatic rings. The number of fused-ring (bicyclic) bond motifs is 3. The van der Waals surface area contributed by atoms with Crippen molar-refractivity contribution in [2.24, 2.45) is 57.7 Å². The molecular formula is C29H42O6. The predicted molar refractivity (Wildman–Crippen MR) is 129 cm³/mol. The van der Waals surface area contributed by atoms with Crippen molar-refractivity contribution in [2.45, 2.75) is 85.2 Å². The van der Waals surface area contributed by atoms with Crippen molar-refractivity contribution in [3.8, 4) is 0 Å². The minimum atomic E-state index is -1.19. The van der Waals surface area contributed by atoms with Crippen molar-refractivity contribution in [1.29, 1.82) is 0 Å². The van der Waals surface area contributed by atoms with Crippen LogP contribution in [0.3, 0.4) is 0 Å². The number of hydrogen-bond acceptors (Lipinski definition) is 5. The van der Waals surface area contributed by atoms with Crippen LogP contribution in [-0.2, 0) is 23.8 Å². The van der Waals surface area contributed by atoms with E-state index in [9.17, 15) is 14.7 Å². The van der Waals surface area contributed by atoms with E-state index in [0.29, 0.717) is 43.1 Å². The number of ether oxygens (including phenoxy) is 3. The van der Waals surface area contributed by atoms with Gasteiger partial charge in [-0.25, -0.2) is 0 Å². The summed E-state index contributed by atoms with van der Waals surface area (Å²) in [7, 11) is 0. The molecule has 12 atom stereocenters. The Morgan fingerprint density at radius 2 is 2.00 bits per heavy atom. The molecule has 2 aliphatic heterocycles. The van der Waals surface area contributed by atoms with E-state index < -0.39 is 28.5 Å². The average molecular weight is 487 g/mol. The Hall–Kier alpha value is -1.24. The molecule has 6 heteroatoms. The third-order valence-corrected chi connectivity index (χ3v) is 11.6. The summed E-state index contributed by atoms with van der Waals surface area (Å²) in [6.45, 7) is 11.9. The molecule has 6 aliphatic rings. The van der Waals surface area contributed by atoms with Crippen LogP contribution in [0.5, 0.6) is 0 Å². The number of carboxylic acid groups (broad SMARTS) is 1. The highest BCUT2D eigenvalue weighted by Crippen LogP contribution is 2.82. The van der Waals surface area contributed by atoms with Gasteiger partial charge < -0.3 is 24.1 Å². The van der Waals surface area contributed by atoms with Crippen molar-refractivity contribution in [3.05, 3.63) is 11.6 Å². The number of aldehydes is 1. The Labute approximate surface area is 209 Å². The van der Waals surface area contributed by atoms with E-state index in [0.717, 1.165) is 37.7 Å². The molecule has 0 aromatic heterocycles. The fourth-order valence-corrected chi connectivity index (χ4v) is 10.4. The molecular weight excluding hydrogens is 444 g/mol. The minimum absolute atomic E-state index is 0.0477. The van der Waals surface area contributed by atoms with Crippen LogP contribution >= 0.6 is 0 Å². The van der Waals surface area contributed by atoms with Gasteiger partial charge in [-0.05, 0) is 61.7 Å². The summed E-state index contributed by atoms with van der Waals surface area (Å²) in [5, 5.41) is 11.1. The summed E-state index contributed by atoms with van der Waals surface area (Å²) in [6, 6.07) is 0. The first-order valence-electron chi connectivity index (χ1n) is 13.9. The number of carboxylic acids is 1. The molecule has 6 rings (SSSR count). The second kappa shape index (κ2) is 7.88. The third kappa shape index (κ3) is 2.77. The van der Waals surface area contributed by atoms with Crippen LogP contribution in [0.4, 0.5) is 0 Å². The van der Waals surface area contributed by atoms with Gasteiger partial charge in [-0.1, -0.05) is 45.8 Å². The summed E-state index contributed by atoms with van der Waals surface area (Å²) in [6.07, 6.45) is 7.27. The van der Waals surface area contributed by atoms with E-state index in [2.05, 4.69) is 40.7 Å². The third-order valence-electron chi connectivity index (χ3n) is 11.6. The predicted octanol–water partition coefficient (Wildman–Crippen LogP) is 4.71. The number of carbonyl (C=O) groups excluding carboxylic acids is 1. The fraction of sp³-hybridized carbons (Fsp3) is 0.862. The zero-order valence-corrected chi connectivity index (χ0v) is 21.9. The largest absolute Gasteiger partial charge is 0.481 e. The molecule has 5 fully saturated rings. The molecule has 4 aliphatic carbocycles. The van der Waals surface area contributed by atoms with Gasteiger partial charge in [0.05, 0.1) is 24.2 Å². The number of allylic oxidation sites excluding steroid dienone is 1. The maximum atomic E-state index is 13.5. The van der Waals surface area contributed by atoms with E-state index in [1.165, 1.54) is 0 Å². The molecule has 4 bridgehead atoms. The molecule has 0 spiro atoms. The molecule has 2 saturated heterocycles. The zero-order valence-electron chi connectivity index (χ0n) is 21.9. The minimum Gasteiger partial charge on any atom is -0.481 e.